The van der Waals surface area contributed by atoms with Gasteiger partial charge in [-0.1, -0.05) is 6.42 Å². The van der Waals surface area contributed by atoms with Gasteiger partial charge in [-0.3, -0.25) is 9.59 Å². The van der Waals surface area contributed by atoms with Crippen molar-refractivity contribution in [3.8, 4) is 0 Å². The van der Waals surface area contributed by atoms with Crippen LogP contribution in [-0.4, -0.2) is 80.1 Å². The number of carboxylic acids is 1. The zero-order valence-electron chi connectivity index (χ0n) is 11.6. The molecule has 0 aromatic heterocycles. The summed E-state index contributed by atoms with van der Waals surface area (Å²) in [5.74, 6) is -1.82. The number of aliphatic carboxylic acids is 1. The molecule has 9 nitrogen and oxygen atoms in total. The van der Waals surface area contributed by atoms with Gasteiger partial charge in [0.05, 0.1) is 6.61 Å². The zero-order valence-corrected chi connectivity index (χ0v) is 11.6. The summed E-state index contributed by atoms with van der Waals surface area (Å²) in [6.07, 6.45) is -5.80. The van der Waals surface area contributed by atoms with Crippen LogP contribution in [-0.2, 0) is 9.59 Å². The maximum absolute atomic E-state index is 11.5. The first-order chi connectivity index (χ1) is 9.81. The monoisotopic (exact) mass is 309 g/mol. The Morgan fingerprint density at radius 1 is 0.952 bits per heavy atom. The van der Waals surface area contributed by atoms with Crippen LogP contribution in [0.5, 0.6) is 0 Å². The van der Waals surface area contributed by atoms with Crippen LogP contribution in [0, 0.1) is 0 Å². The summed E-state index contributed by atoms with van der Waals surface area (Å²) in [6, 6.07) is 0. The van der Waals surface area contributed by atoms with E-state index in [1.165, 1.54) is 0 Å². The van der Waals surface area contributed by atoms with Crippen LogP contribution in [0.4, 0.5) is 0 Å². The fraction of sp³-hybridized carbons (Fsp3) is 0.833. The molecule has 0 aliphatic heterocycles. The van der Waals surface area contributed by atoms with Crippen molar-refractivity contribution in [3.63, 3.8) is 0 Å². The number of unbranched alkanes of at least 4 members (excludes halogenated alkanes) is 2. The van der Waals surface area contributed by atoms with E-state index in [0.717, 1.165) is 0 Å². The van der Waals surface area contributed by atoms with Gasteiger partial charge < -0.3 is 36.0 Å². The van der Waals surface area contributed by atoms with Crippen LogP contribution in [0.15, 0.2) is 0 Å². The first-order valence-corrected chi connectivity index (χ1v) is 6.63. The van der Waals surface area contributed by atoms with Crippen LogP contribution in [0.1, 0.15) is 25.7 Å². The standard InChI is InChI=1S/C12H23NO8/c14-6-7(15)9(18)10(19)11(20)12(21)13-5-3-1-2-4-8(16)17/h7,9-11,14-15,18-20H,1-6H2,(H,13,21)(H,16,17)/t7-,9-,10-,11+/m1/s1. The number of carboxylic acid groups (broad SMARTS) is 1. The third kappa shape index (κ3) is 7.93. The van der Waals surface area contributed by atoms with Crippen molar-refractivity contribution in [3.05, 3.63) is 0 Å². The van der Waals surface area contributed by atoms with Crippen LogP contribution in [0.2, 0.25) is 0 Å². The number of rotatable bonds is 11. The molecule has 7 N–H and O–H groups in total. The molecule has 0 fully saturated rings. The summed E-state index contributed by atoms with van der Waals surface area (Å²) in [5, 5.41) is 56.7. The molecular weight excluding hydrogens is 286 g/mol. The lowest BCUT2D eigenvalue weighted by atomic mass is 10.0. The summed E-state index contributed by atoms with van der Waals surface area (Å²) < 4.78 is 0. The van der Waals surface area contributed by atoms with E-state index in [-0.39, 0.29) is 13.0 Å². The lowest BCUT2D eigenvalue weighted by molar-refractivity contribution is -0.149. The van der Waals surface area contributed by atoms with Gasteiger partial charge in [0.1, 0.15) is 18.3 Å². The number of carbonyl (C=O) groups is 2. The Morgan fingerprint density at radius 2 is 1.57 bits per heavy atom. The van der Waals surface area contributed by atoms with Gasteiger partial charge in [0.2, 0.25) is 0 Å². The van der Waals surface area contributed by atoms with E-state index < -0.39 is 42.9 Å². The predicted molar refractivity (Wildman–Crippen MR) is 70.2 cm³/mol. The van der Waals surface area contributed by atoms with E-state index in [2.05, 4.69) is 5.32 Å². The van der Waals surface area contributed by atoms with Crippen molar-refractivity contribution >= 4 is 11.9 Å². The van der Waals surface area contributed by atoms with Crippen LogP contribution < -0.4 is 5.32 Å². The van der Waals surface area contributed by atoms with Gasteiger partial charge in [-0.15, -0.1) is 0 Å². The highest BCUT2D eigenvalue weighted by atomic mass is 16.4. The lowest BCUT2D eigenvalue weighted by Crippen LogP contribution is -2.51. The van der Waals surface area contributed by atoms with Crippen molar-refractivity contribution in [1.29, 1.82) is 0 Å². The number of hydrogen-bond acceptors (Lipinski definition) is 7. The van der Waals surface area contributed by atoms with Crippen molar-refractivity contribution in [2.75, 3.05) is 13.2 Å². The van der Waals surface area contributed by atoms with Crippen LogP contribution >= 0.6 is 0 Å². The second kappa shape index (κ2) is 10.5. The molecule has 21 heavy (non-hydrogen) atoms. The van der Waals surface area contributed by atoms with Gasteiger partial charge in [-0.05, 0) is 12.8 Å². The first kappa shape index (κ1) is 19.7. The van der Waals surface area contributed by atoms with E-state index >= 15 is 0 Å². The summed E-state index contributed by atoms with van der Waals surface area (Å²) in [7, 11) is 0. The SMILES string of the molecule is O=C(O)CCCCCNC(=O)[C@@H](O)[C@H](O)[C@H](O)[C@H](O)CO. The highest BCUT2D eigenvalue weighted by Crippen LogP contribution is 2.05. The minimum Gasteiger partial charge on any atom is -0.481 e. The Hall–Kier alpha value is -1.26. The minimum absolute atomic E-state index is 0.0422. The fourth-order valence-electron chi connectivity index (χ4n) is 1.57. The third-order valence-corrected chi connectivity index (χ3v) is 2.89. The van der Waals surface area contributed by atoms with E-state index in [0.29, 0.717) is 19.3 Å². The molecule has 0 saturated carbocycles. The second-order valence-electron chi connectivity index (χ2n) is 4.67. The minimum atomic E-state index is -1.94. The molecule has 0 saturated heterocycles. The maximum atomic E-state index is 11.5. The normalized spacial score (nSPS) is 16.8. The fourth-order valence-corrected chi connectivity index (χ4v) is 1.57. The molecule has 9 heteroatoms. The van der Waals surface area contributed by atoms with Crippen molar-refractivity contribution in [1.82, 2.24) is 5.32 Å². The summed E-state index contributed by atoms with van der Waals surface area (Å²) in [6.45, 7) is -0.642. The third-order valence-electron chi connectivity index (χ3n) is 2.89. The van der Waals surface area contributed by atoms with Crippen molar-refractivity contribution < 1.29 is 40.2 Å². The molecule has 0 heterocycles. The van der Waals surface area contributed by atoms with Gasteiger partial charge in [0.25, 0.3) is 5.91 Å². The quantitative estimate of drug-likeness (QED) is 0.201. The largest absolute Gasteiger partial charge is 0.481 e. The number of amides is 1. The van der Waals surface area contributed by atoms with E-state index in [1.54, 1.807) is 0 Å². The molecule has 0 aromatic rings. The highest BCUT2D eigenvalue weighted by Gasteiger charge is 2.33. The molecule has 4 atom stereocenters. The lowest BCUT2D eigenvalue weighted by Gasteiger charge is -2.24. The number of nitrogens with one attached hydrogen (secondary N) is 1. The number of aliphatic hydroxyl groups is 5. The summed E-state index contributed by atoms with van der Waals surface area (Å²) >= 11 is 0. The number of aliphatic hydroxyl groups excluding tert-OH is 5. The molecule has 0 bridgehead atoms. The van der Waals surface area contributed by atoms with Gasteiger partial charge in [-0.25, -0.2) is 0 Å². The second-order valence-corrected chi connectivity index (χ2v) is 4.67. The average Bonchev–Trinajstić information content (AvgIpc) is 2.46. The average molecular weight is 309 g/mol. The van der Waals surface area contributed by atoms with E-state index in [4.69, 9.17) is 15.3 Å². The molecular formula is C12H23NO8. The molecule has 1 amide bonds. The van der Waals surface area contributed by atoms with Gasteiger partial charge >= 0.3 is 5.97 Å². The molecule has 0 radical (unpaired) electrons. The number of hydrogen-bond donors (Lipinski definition) is 7. The molecule has 124 valence electrons. The van der Waals surface area contributed by atoms with Crippen LogP contribution in [0.25, 0.3) is 0 Å². The molecule has 0 aliphatic carbocycles. The Labute approximate surface area is 121 Å². The Balaban J connectivity index is 3.96. The Morgan fingerprint density at radius 3 is 2.10 bits per heavy atom. The number of carbonyl (C=O) groups excluding carboxylic acids is 1. The zero-order chi connectivity index (χ0) is 16.4. The molecule has 0 unspecified atom stereocenters. The predicted octanol–water partition coefficient (Wildman–Crippen LogP) is -2.82. The van der Waals surface area contributed by atoms with Gasteiger partial charge in [0, 0.05) is 13.0 Å². The molecule has 0 aliphatic rings. The van der Waals surface area contributed by atoms with Crippen molar-refractivity contribution in [2.24, 2.45) is 0 Å². The smallest absolute Gasteiger partial charge is 0.303 e. The van der Waals surface area contributed by atoms with Gasteiger partial charge in [-0.2, -0.15) is 0 Å². The summed E-state index contributed by atoms with van der Waals surface area (Å²) in [4.78, 5) is 21.7. The van der Waals surface area contributed by atoms with Crippen molar-refractivity contribution in [2.45, 2.75) is 50.1 Å². The van der Waals surface area contributed by atoms with Crippen LogP contribution in [0.3, 0.4) is 0 Å². The van der Waals surface area contributed by atoms with Gasteiger partial charge in [0.15, 0.2) is 6.10 Å². The summed E-state index contributed by atoms with van der Waals surface area (Å²) in [5.41, 5.74) is 0. The van der Waals surface area contributed by atoms with E-state index in [9.17, 15) is 24.9 Å². The van der Waals surface area contributed by atoms with E-state index in [1.807, 2.05) is 0 Å². The Bertz CT molecular complexity index is 324. The maximum Gasteiger partial charge on any atom is 0.303 e. The Kier molecular flexibility index (Phi) is 9.84. The highest BCUT2D eigenvalue weighted by molar-refractivity contribution is 5.81. The first-order valence-electron chi connectivity index (χ1n) is 6.63. The topological polar surface area (TPSA) is 168 Å². The molecule has 0 rings (SSSR count). The molecule has 0 aromatic carbocycles. The molecule has 0 spiro atoms.